The second-order valence-electron chi connectivity index (χ2n) is 3.41. The second-order valence-corrected chi connectivity index (χ2v) is 5.92. The Morgan fingerprint density at radius 2 is 2.00 bits per heavy atom. The summed E-state index contributed by atoms with van der Waals surface area (Å²) in [6.07, 6.45) is 4.51. The van der Waals surface area contributed by atoms with Crippen molar-refractivity contribution < 1.29 is 8.42 Å². The summed E-state index contributed by atoms with van der Waals surface area (Å²) in [6.45, 7) is 3.19. The number of hydrogen-bond acceptors (Lipinski definition) is 5. The van der Waals surface area contributed by atoms with Crippen LogP contribution in [0.2, 0.25) is 0 Å². The first-order valence-electron chi connectivity index (χ1n) is 4.68. The lowest BCUT2D eigenvalue weighted by molar-refractivity contribution is 0.608. The van der Waals surface area contributed by atoms with Crippen LogP contribution < -0.4 is 0 Å². The highest BCUT2D eigenvalue weighted by atomic mass is 35.7. The Labute approximate surface area is 103 Å². The van der Waals surface area contributed by atoms with Crippen molar-refractivity contribution in [2.24, 2.45) is 0 Å². The van der Waals surface area contributed by atoms with E-state index < -0.39 is 9.05 Å². The normalized spacial score (nSPS) is 11.7. The Hall–Kier alpha value is -1.47. The topological polar surface area (TPSA) is 77.7 Å². The van der Waals surface area contributed by atoms with Gasteiger partial charge in [0.05, 0.1) is 17.6 Å². The zero-order valence-electron chi connectivity index (χ0n) is 9.12. The molecule has 0 N–H and O–H groups in total. The number of aromatic nitrogens is 4. The van der Waals surface area contributed by atoms with Crippen molar-refractivity contribution in [3.8, 4) is 5.82 Å². The standard InChI is InChI=1S/C9H9ClN4O2S/c1-6-9(17(10,15)16)7(2)14(13-6)8-5-11-3-4-12-8/h3-5H,1-2H3. The molecule has 2 aromatic heterocycles. The van der Waals surface area contributed by atoms with E-state index in [-0.39, 0.29) is 4.90 Å². The van der Waals surface area contributed by atoms with E-state index in [0.717, 1.165) is 0 Å². The van der Waals surface area contributed by atoms with E-state index in [1.165, 1.54) is 23.3 Å². The highest BCUT2D eigenvalue weighted by Gasteiger charge is 2.23. The van der Waals surface area contributed by atoms with E-state index in [1.807, 2.05) is 0 Å². The van der Waals surface area contributed by atoms with Gasteiger partial charge in [0.25, 0.3) is 9.05 Å². The molecular weight excluding hydrogens is 264 g/mol. The summed E-state index contributed by atoms with van der Waals surface area (Å²) in [7, 11) is 1.54. The minimum Gasteiger partial charge on any atom is -0.259 e. The number of nitrogens with zero attached hydrogens (tertiary/aromatic N) is 4. The smallest absolute Gasteiger partial charge is 0.259 e. The number of hydrogen-bond donors (Lipinski definition) is 0. The van der Waals surface area contributed by atoms with Crippen LogP contribution >= 0.6 is 10.7 Å². The average Bonchev–Trinajstić information content (AvgIpc) is 2.54. The molecule has 0 amide bonds. The molecule has 2 heterocycles. The van der Waals surface area contributed by atoms with Crippen LogP contribution in [-0.4, -0.2) is 28.2 Å². The first kappa shape index (κ1) is 12.0. The Kier molecular flexibility index (Phi) is 2.88. The minimum atomic E-state index is -3.81. The van der Waals surface area contributed by atoms with Gasteiger partial charge in [-0.3, -0.25) is 4.98 Å². The molecule has 0 radical (unpaired) electrons. The van der Waals surface area contributed by atoms with Crippen molar-refractivity contribution in [3.05, 3.63) is 30.0 Å². The van der Waals surface area contributed by atoms with E-state index in [0.29, 0.717) is 17.2 Å². The average molecular weight is 273 g/mol. The summed E-state index contributed by atoms with van der Waals surface area (Å²) < 4.78 is 24.2. The van der Waals surface area contributed by atoms with Crippen molar-refractivity contribution in [2.75, 3.05) is 0 Å². The molecule has 0 aliphatic carbocycles. The summed E-state index contributed by atoms with van der Waals surface area (Å²) in [5.74, 6) is 0.444. The van der Waals surface area contributed by atoms with E-state index in [1.54, 1.807) is 13.8 Å². The van der Waals surface area contributed by atoms with Gasteiger partial charge in [-0.1, -0.05) is 0 Å². The minimum absolute atomic E-state index is 0.0184. The maximum absolute atomic E-state index is 11.4. The molecule has 17 heavy (non-hydrogen) atoms. The summed E-state index contributed by atoms with van der Waals surface area (Å²) in [5.41, 5.74) is 0.751. The summed E-state index contributed by atoms with van der Waals surface area (Å²) in [5, 5.41) is 4.10. The zero-order valence-corrected chi connectivity index (χ0v) is 10.7. The molecule has 0 aliphatic rings. The summed E-state index contributed by atoms with van der Waals surface area (Å²) in [6, 6.07) is 0. The van der Waals surface area contributed by atoms with Gasteiger partial charge >= 0.3 is 0 Å². The van der Waals surface area contributed by atoms with Gasteiger partial charge in [0.1, 0.15) is 4.90 Å². The second kappa shape index (κ2) is 4.08. The fraction of sp³-hybridized carbons (Fsp3) is 0.222. The predicted octanol–water partition coefficient (Wildman–Crippen LogP) is 1.21. The van der Waals surface area contributed by atoms with Gasteiger partial charge in [0.15, 0.2) is 5.82 Å². The lowest BCUT2D eigenvalue weighted by Gasteiger charge is -2.01. The van der Waals surface area contributed by atoms with Crippen LogP contribution in [0.4, 0.5) is 0 Å². The highest BCUT2D eigenvalue weighted by molar-refractivity contribution is 8.13. The van der Waals surface area contributed by atoms with Crippen molar-refractivity contribution >= 4 is 19.7 Å². The van der Waals surface area contributed by atoms with E-state index in [9.17, 15) is 8.42 Å². The van der Waals surface area contributed by atoms with Crippen LogP contribution in [-0.2, 0) is 9.05 Å². The molecule has 0 fully saturated rings. The predicted molar refractivity (Wildman–Crippen MR) is 61.7 cm³/mol. The molecule has 2 aromatic rings. The largest absolute Gasteiger partial charge is 0.264 e. The summed E-state index contributed by atoms with van der Waals surface area (Å²) in [4.78, 5) is 7.96. The Morgan fingerprint density at radius 1 is 1.29 bits per heavy atom. The van der Waals surface area contributed by atoms with Crippen LogP contribution in [0, 0.1) is 13.8 Å². The van der Waals surface area contributed by atoms with Crippen molar-refractivity contribution in [3.63, 3.8) is 0 Å². The molecule has 90 valence electrons. The number of halogens is 1. The van der Waals surface area contributed by atoms with Crippen LogP contribution in [0.3, 0.4) is 0 Å². The van der Waals surface area contributed by atoms with E-state index >= 15 is 0 Å². The third-order valence-electron chi connectivity index (χ3n) is 2.24. The molecular formula is C9H9ClN4O2S. The molecule has 8 heteroatoms. The zero-order chi connectivity index (χ0) is 12.6. The Morgan fingerprint density at radius 3 is 2.47 bits per heavy atom. The Balaban J connectivity index is 2.69. The molecule has 0 saturated carbocycles. The number of rotatable bonds is 2. The van der Waals surface area contributed by atoms with Gasteiger partial charge in [-0.05, 0) is 13.8 Å². The van der Waals surface area contributed by atoms with Gasteiger partial charge in [-0.15, -0.1) is 0 Å². The van der Waals surface area contributed by atoms with Crippen LogP contribution in [0.15, 0.2) is 23.5 Å². The highest BCUT2D eigenvalue weighted by Crippen LogP contribution is 2.24. The summed E-state index contributed by atoms with van der Waals surface area (Å²) >= 11 is 0. The number of aryl methyl sites for hydroxylation is 1. The van der Waals surface area contributed by atoms with Crippen LogP contribution in [0.25, 0.3) is 5.82 Å². The fourth-order valence-electron chi connectivity index (χ4n) is 1.60. The SMILES string of the molecule is Cc1nn(-c2cnccn2)c(C)c1S(=O)(=O)Cl. The van der Waals surface area contributed by atoms with Crippen molar-refractivity contribution in [1.82, 2.24) is 19.7 Å². The molecule has 6 nitrogen and oxygen atoms in total. The van der Waals surface area contributed by atoms with Gasteiger partial charge < -0.3 is 0 Å². The Bertz CT molecular complexity index is 651. The first-order valence-corrected chi connectivity index (χ1v) is 6.99. The molecule has 0 aliphatic heterocycles. The lowest BCUT2D eigenvalue weighted by atomic mass is 10.4. The van der Waals surface area contributed by atoms with Crippen molar-refractivity contribution in [1.29, 1.82) is 0 Å². The molecule has 2 rings (SSSR count). The third kappa shape index (κ3) is 2.16. The molecule has 0 atom stereocenters. The fourth-order valence-corrected chi connectivity index (χ4v) is 3.11. The monoisotopic (exact) mass is 272 g/mol. The van der Waals surface area contributed by atoms with E-state index in [4.69, 9.17) is 10.7 Å². The van der Waals surface area contributed by atoms with Crippen molar-refractivity contribution in [2.45, 2.75) is 18.7 Å². The van der Waals surface area contributed by atoms with Crippen LogP contribution in [0.5, 0.6) is 0 Å². The molecule has 0 aromatic carbocycles. The van der Waals surface area contributed by atoms with Gasteiger partial charge in [0.2, 0.25) is 0 Å². The molecule has 0 spiro atoms. The van der Waals surface area contributed by atoms with Gasteiger partial charge in [-0.25, -0.2) is 18.1 Å². The quantitative estimate of drug-likeness (QED) is 0.768. The molecule has 0 bridgehead atoms. The van der Waals surface area contributed by atoms with Gasteiger partial charge in [-0.2, -0.15) is 5.10 Å². The van der Waals surface area contributed by atoms with Crippen LogP contribution in [0.1, 0.15) is 11.4 Å². The lowest BCUT2D eigenvalue weighted by Crippen LogP contribution is -2.03. The van der Waals surface area contributed by atoms with Gasteiger partial charge in [0, 0.05) is 23.1 Å². The first-order chi connectivity index (χ1) is 7.91. The molecule has 0 saturated heterocycles. The maximum Gasteiger partial charge on any atom is 0.264 e. The van der Waals surface area contributed by atoms with E-state index in [2.05, 4.69) is 15.1 Å². The maximum atomic E-state index is 11.4. The third-order valence-corrected chi connectivity index (χ3v) is 3.78. The molecule has 0 unspecified atom stereocenters.